The molecule has 1 saturated carbocycles. The van der Waals surface area contributed by atoms with Crippen molar-refractivity contribution in [2.24, 2.45) is 11.8 Å². The number of carbonyl (C=O) groups excluding carboxylic acids is 1. The molecule has 2 aromatic rings. The largest absolute Gasteiger partial charge is 0.481 e. The van der Waals surface area contributed by atoms with Gasteiger partial charge in [-0.2, -0.15) is 0 Å². The smallest absolute Gasteiger partial charge is 0.306 e. The maximum Gasteiger partial charge on any atom is 0.306 e. The van der Waals surface area contributed by atoms with E-state index in [4.69, 9.17) is 4.74 Å². The Morgan fingerprint density at radius 1 is 0.929 bits per heavy atom. The average molecular weight is 381 g/mol. The van der Waals surface area contributed by atoms with Gasteiger partial charge in [0.1, 0.15) is 0 Å². The number of benzene rings is 2. The highest BCUT2D eigenvalue weighted by Gasteiger charge is 2.30. The van der Waals surface area contributed by atoms with Gasteiger partial charge in [0, 0.05) is 12.5 Å². The maximum atomic E-state index is 12.5. The molecule has 2 aromatic carbocycles. The predicted molar refractivity (Wildman–Crippen MR) is 106 cm³/mol. The van der Waals surface area contributed by atoms with Gasteiger partial charge in [-0.05, 0) is 36.0 Å². The van der Waals surface area contributed by atoms with Crippen LogP contribution in [0.5, 0.6) is 0 Å². The molecule has 28 heavy (non-hydrogen) atoms. The van der Waals surface area contributed by atoms with Gasteiger partial charge in [-0.3, -0.25) is 9.59 Å². The highest BCUT2D eigenvalue weighted by molar-refractivity contribution is 5.80. The summed E-state index contributed by atoms with van der Waals surface area (Å²) in [6.07, 6.45) is 2.65. The average Bonchev–Trinajstić information content (AvgIpc) is 2.73. The van der Waals surface area contributed by atoms with Crippen molar-refractivity contribution < 1.29 is 19.4 Å². The molecule has 0 aliphatic heterocycles. The number of carbonyl (C=O) groups is 2. The summed E-state index contributed by atoms with van der Waals surface area (Å²) in [6.45, 7) is 1.45. The van der Waals surface area contributed by atoms with Gasteiger partial charge in [-0.1, -0.05) is 61.0 Å². The van der Waals surface area contributed by atoms with Crippen molar-refractivity contribution >= 4 is 11.9 Å². The number of hydrogen-bond acceptors (Lipinski definition) is 3. The minimum absolute atomic E-state index is 0.0500. The first-order chi connectivity index (χ1) is 13.6. The standard InChI is InChI=1S/C23H27NO4/c25-22(18-11-6-12-19(13-18)23(26)27)24-14-20-9-4-5-10-21(20)16-28-15-17-7-2-1-3-8-17/h1-5,7-10,18-19H,6,11-16H2,(H,24,25)(H,26,27). The van der Waals surface area contributed by atoms with Crippen molar-refractivity contribution in [2.45, 2.75) is 45.4 Å². The van der Waals surface area contributed by atoms with Crippen LogP contribution in [-0.2, 0) is 34.1 Å². The van der Waals surface area contributed by atoms with E-state index in [-0.39, 0.29) is 11.8 Å². The summed E-state index contributed by atoms with van der Waals surface area (Å²) in [5.74, 6) is -1.45. The first kappa shape index (κ1) is 20.1. The third kappa shape index (κ3) is 5.67. The summed E-state index contributed by atoms with van der Waals surface area (Å²) in [5.41, 5.74) is 3.19. The fourth-order valence-electron chi connectivity index (χ4n) is 3.70. The van der Waals surface area contributed by atoms with E-state index in [0.29, 0.717) is 32.6 Å². The molecule has 1 aliphatic rings. The van der Waals surface area contributed by atoms with Crippen LogP contribution in [0.4, 0.5) is 0 Å². The Balaban J connectivity index is 1.51. The van der Waals surface area contributed by atoms with Crippen molar-refractivity contribution in [3.05, 3.63) is 71.3 Å². The van der Waals surface area contributed by atoms with Crippen molar-refractivity contribution in [3.8, 4) is 0 Å². The Morgan fingerprint density at radius 3 is 2.36 bits per heavy atom. The first-order valence-corrected chi connectivity index (χ1v) is 9.82. The Labute approximate surface area is 165 Å². The molecule has 148 valence electrons. The van der Waals surface area contributed by atoms with Crippen molar-refractivity contribution in [3.63, 3.8) is 0 Å². The Bertz CT molecular complexity index is 790. The van der Waals surface area contributed by atoms with Crippen LogP contribution in [0.1, 0.15) is 42.4 Å². The zero-order valence-corrected chi connectivity index (χ0v) is 16.0. The molecular formula is C23H27NO4. The zero-order chi connectivity index (χ0) is 19.8. The second-order valence-corrected chi connectivity index (χ2v) is 7.36. The number of aliphatic carboxylic acids is 1. The Hall–Kier alpha value is -2.66. The second kappa shape index (κ2) is 10.0. The summed E-state index contributed by atoms with van der Waals surface area (Å²) in [4.78, 5) is 23.7. The molecule has 0 spiro atoms. The molecular weight excluding hydrogens is 354 g/mol. The summed E-state index contributed by atoms with van der Waals surface area (Å²) in [5, 5.41) is 12.2. The monoisotopic (exact) mass is 381 g/mol. The third-order valence-electron chi connectivity index (χ3n) is 5.33. The molecule has 2 atom stereocenters. The highest BCUT2D eigenvalue weighted by atomic mass is 16.5. The van der Waals surface area contributed by atoms with E-state index >= 15 is 0 Å². The van der Waals surface area contributed by atoms with E-state index in [0.717, 1.165) is 29.5 Å². The minimum Gasteiger partial charge on any atom is -0.481 e. The van der Waals surface area contributed by atoms with Crippen LogP contribution in [0.15, 0.2) is 54.6 Å². The molecule has 2 N–H and O–H groups in total. The lowest BCUT2D eigenvalue weighted by atomic mass is 9.81. The second-order valence-electron chi connectivity index (χ2n) is 7.36. The molecule has 5 nitrogen and oxygen atoms in total. The first-order valence-electron chi connectivity index (χ1n) is 9.82. The van der Waals surface area contributed by atoms with Gasteiger partial charge in [0.05, 0.1) is 19.1 Å². The molecule has 0 radical (unpaired) electrons. The predicted octanol–water partition coefficient (Wildman–Crippen LogP) is 3.91. The van der Waals surface area contributed by atoms with Crippen LogP contribution in [0.3, 0.4) is 0 Å². The fourth-order valence-corrected chi connectivity index (χ4v) is 3.70. The molecule has 0 saturated heterocycles. The molecule has 5 heteroatoms. The van der Waals surface area contributed by atoms with E-state index in [2.05, 4.69) is 5.32 Å². The topological polar surface area (TPSA) is 75.6 Å². The van der Waals surface area contributed by atoms with Crippen LogP contribution in [0, 0.1) is 11.8 Å². The van der Waals surface area contributed by atoms with Crippen molar-refractivity contribution in [2.75, 3.05) is 0 Å². The molecule has 0 heterocycles. The molecule has 1 fully saturated rings. The van der Waals surface area contributed by atoms with E-state index < -0.39 is 11.9 Å². The number of rotatable bonds is 8. The van der Waals surface area contributed by atoms with Gasteiger partial charge in [0.15, 0.2) is 0 Å². The lowest BCUT2D eigenvalue weighted by Crippen LogP contribution is -2.35. The zero-order valence-electron chi connectivity index (χ0n) is 16.0. The number of carboxylic acid groups (broad SMARTS) is 1. The quantitative estimate of drug-likeness (QED) is 0.727. The summed E-state index contributed by atoms with van der Waals surface area (Å²) in [6, 6.07) is 17.9. The van der Waals surface area contributed by atoms with Gasteiger partial charge in [0.2, 0.25) is 5.91 Å². The molecule has 3 rings (SSSR count). The fraction of sp³-hybridized carbons (Fsp3) is 0.391. The molecule has 0 aromatic heterocycles. The molecule has 0 bridgehead atoms. The number of carboxylic acids is 1. The van der Waals surface area contributed by atoms with E-state index in [9.17, 15) is 14.7 Å². The lowest BCUT2D eigenvalue weighted by Gasteiger charge is -2.25. The van der Waals surface area contributed by atoms with Crippen LogP contribution < -0.4 is 5.32 Å². The van der Waals surface area contributed by atoms with Crippen molar-refractivity contribution in [1.82, 2.24) is 5.32 Å². The lowest BCUT2D eigenvalue weighted by molar-refractivity contribution is -0.144. The third-order valence-corrected chi connectivity index (χ3v) is 5.33. The number of amides is 1. The van der Waals surface area contributed by atoms with Gasteiger partial charge < -0.3 is 15.2 Å². The highest BCUT2D eigenvalue weighted by Crippen LogP contribution is 2.29. The van der Waals surface area contributed by atoms with Gasteiger partial charge in [-0.15, -0.1) is 0 Å². The van der Waals surface area contributed by atoms with Crippen LogP contribution >= 0.6 is 0 Å². The van der Waals surface area contributed by atoms with E-state index in [1.165, 1.54) is 0 Å². The van der Waals surface area contributed by atoms with Crippen LogP contribution in [-0.4, -0.2) is 17.0 Å². The SMILES string of the molecule is O=C(O)C1CCCC(C(=O)NCc2ccccc2COCc2ccccc2)C1. The minimum atomic E-state index is -0.793. The number of ether oxygens (including phenoxy) is 1. The van der Waals surface area contributed by atoms with E-state index in [1.54, 1.807) is 0 Å². The van der Waals surface area contributed by atoms with E-state index in [1.807, 2.05) is 54.6 Å². The Kier molecular flexibility index (Phi) is 7.20. The summed E-state index contributed by atoms with van der Waals surface area (Å²) < 4.78 is 5.83. The van der Waals surface area contributed by atoms with Gasteiger partial charge in [-0.25, -0.2) is 0 Å². The van der Waals surface area contributed by atoms with Gasteiger partial charge >= 0.3 is 5.97 Å². The van der Waals surface area contributed by atoms with Crippen LogP contribution in [0.25, 0.3) is 0 Å². The number of nitrogens with one attached hydrogen (secondary N) is 1. The summed E-state index contributed by atoms with van der Waals surface area (Å²) in [7, 11) is 0. The van der Waals surface area contributed by atoms with Crippen molar-refractivity contribution in [1.29, 1.82) is 0 Å². The molecule has 2 unspecified atom stereocenters. The van der Waals surface area contributed by atoms with Gasteiger partial charge in [0.25, 0.3) is 0 Å². The molecule has 1 aliphatic carbocycles. The Morgan fingerprint density at radius 2 is 1.61 bits per heavy atom. The summed E-state index contributed by atoms with van der Waals surface area (Å²) >= 11 is 0. The normalized spacial score (nSPS) is 19.1. The maximum absolute atomic E-state index is 12.5. The number of hydrogen-bond donors (Lipinski definition) is 2. The van der Waals surface area contributed by atoms with Crippen LogP contribution in [0.2, 0.25) is 0 Å². The molecule has 1 amide bonds.